The van der Waals surface area contributed by atoms with Crippen molar-refractivity contribution in [3.05, 3.63) is 60.8 Å². The van der Waals surface area contributed by atoms with Crippen LogP contribution in [0, 0.1) is 0 Å². The quantitative estimate of drug-likeness (QED) is 0.0424. The van der Waals surface area contributed by atoms with Gasteiger partial charge in [0.25, 0.3) is 0 Å². The third-order valence-corrected chi connectivity index (χ3v) is 8.08. The number of esters is 2. The molecule has 0 saturated heterocycles. The molecule has 0 unspecified atom stereocenters. The van der Waals surface area contributed by atoms with Gasteiger partial charge in [-0.15, -0.1) is 0 Å². The molecule has 0 fully saturated rings. The summed E-state index contributed by atoms with van der Waals surface area (Å²) in [4.78, 5) is 24.2. The Morgan fingerprint density at radius 1 is 0.511 bits per heavy atom. The van der Waals surface area contributed by atoms with Crippen molar-refractivity contribution >= 4 is 11.9 Å². The van der Waals surface area contributed by atoms with E-state index in [9.17, 15) is 14.7 Å². The van der Waals surface area contributed by atoms with Crippen molar-refractivity contribution in [3.8, 4) is 0 Å². The molecule has 0 amide bonds. The van der Waals surface area contributed by atoms with Gasteiger partial charge in [0.15, 0.2) is 6.10 Å². The van der Waals surface area contributed by atoms with Gasteiger partial charge < -0.3 is 14.6 Å². The molecule has 0 aromatic carbocycles. The smallest absolute Gasteiger partial charge is 0.306 e. The molecule has 1 atom stereocenters. The molecular formula is C42H72O5. The molecule has 0 spiro atoms. The molecule has 5 nitrogen and oxygen atoms in total. The zero-order chi connectivity index (χ0) is 34.3. The molecule has 0 heterocycles. The van der Waals surface area contributed by atoms with Crippen LogP contribution in [-0.4, -0.2) is 36.4 Å². The van der Waals surface area contributed by atoms with Crippen molar-refractivity contribution < 1.29 is 24.2 Å². The van der Waals surface area contributed by atoms with Crippen molar-refractivity contribution in [3.63, 3.8) is 0 Å². The molecule has 0 aromatic heterocycles. The van der Waals surface area contributed by atoms with Gasteiger partial charge in [0.1, 0.15) is 6.61 Å². The van der Waals surface area contributed by atoms with Crippen LogP contribution in [0.15, 0.2) is 60.8 Å². The minimum Gasteiger partial charge on any atom is -0.462 e. The van der Waals surface area contributed by atoms with E-state index in [0.29, 0.717) is 19.3 Å². The lowest BCUT2D eigenvalue weighted by atomic mass is 10.0. The van der Waals surface area contributed by atoms with E-state index in [-0.39, 0.29) is 25.2 Å². The maximum atomic E-state index is 12.2. The summed E-state index contributed by atoms with van der Waals surface area (Å²) in [6.45, 7) is 3.97. The molecule has 0 aromatic rings. The Morgan fingerprint density at radius 3 is 1.36 bits per heavy atom. The van der Waals surface area contributed by atoms with Crippen molar-refractivity contribution in [1.29, 1.82) is 0 Å². The average molecular weight is 657 g/mol. The number of carbonyl (C=O) groups is 2. The first-order valence-corrected chi connectivity index (χ1v) is 19.3. The van der Waals surface area contributed by atoms with Gasteiger partial charge in [-0.1, -0.05) is 171 Å². The van der Waals surface area contributed by atoms with Crippen molar-refractivity contribution in [2.45, 2.75) is 180 Å². The molecule has 5 heteroatoms. The fraction of sp³-hybridized carbons (Fsp3) is 0.714. The fourth-order valence-electron chi connectivity index (χ4n) is 5.18. The number of unbranched alkanes of at least 4 members (excludes halogenated alkanes) is 16. The Bertz CT molecular complexity index is 838. The van der Waals surface area contributed by atoms with Gasteiger partial charge in [-0.3, -0.25) is 9.59 Å². The normalized spacial score (nSPS) is 12.8. The van der Waals surface area contributed by atoms with E-state index in [1.807, 2.05) is 0 Å². The number of aliphatic hydroxyl groups is 1. The van der Waals surface area contributed by atoms with Crippen LogP contribution < -0.4 is 0 Å². The Hall–Kier alpha value is -2.40. The van der Waals surface area contributed by atoms with E-state index in [4.69, 9.17) is 9.47 Å². The number of aliphatic hydroxyl groups excluding tert-OH is 1. The Morgan fingerprint density at radius 2 is 0.915 bits per heavy atom. The van der Waals surface area contributed by atoms with Crippen molar-refractivity contribution in [2.75, 3.05) is 13.2 Å². The number of hydrogen-bond acceptors (Lipinski definition) is 5. The van der Waals surface area contributed by atoms with E-state index in [1.54, 1.807) is 0 Å². The van der Waals surface area contributed by atoms with Gasteiger partial charge in [0.2, 0.25) is 0 Å². The molecule has 0 rings (SSSR count). The summed E-state index contributed by atoms with van der Waals surface area (Å²) in [7, 11) is 0. The van der Waals surface area contributed by atoms with Gasteiger partial charge in [-0.25, -0.2) is 0 Å². The Balaban J connectivity index is 3.66. The van der Waals surface area contributed by atoms with Crippen LogP contribution in [0.5, 0.6) is 0 Å². The molecule has 270 valence electrons. The SMILES string of the molecule is CC/C=C/C/C=C/C/C=C/C/C=C/C/C=C/CCCC(=O)OC[C@H](CO)OC(=O)CCCCCCCCCCCCCCCCCC. The largest absolute Gasteiger partial charge is 0.462 e. The molecule has 0 radical (unpaired) electrons. The van der Waals surface area contributed by atoms with E-state index < -0.39 is 6.10 Å². The fourth-order valence-corrected chi connectivity index (χ4v) is 5.18. The van der Waals surface area contributed by atoms with Crippen LogP contribution in [0.1, 0.15) is 174 Å². The number of rotatable bonds is 34. The second kappa shape index (κ2) is 38.1. The lowest BCUT2D eigenvalue weighted by molar-refractivity contribution is -0.161. The lowest BCUT2D eigenvalue weighted by Crippen LogP contribution is -2.28. The highest BCUT2D eigenvalue weighted by molar-refractivity contribution is 5.70. The molecule has 0 bridgehead atoms. The van der Waals surface area contributed by atoms with E-state index >= 15 is 0 Å². The zero-order valence-electron chi connectivity index (χ0n) is 30.5. The minimum absolute atomic E-state index is 0.0955. The van der Waals surface area contributed by atoms with Gasteiger partial charge in [-0.05, 0) is 51.4 Å². The maximum Gasteiger partial charge on any atom is 0.306 e. The predicted molar refractivity (Wildman–Crippen MR) is 200 cm³/mol. The monoisotopic (exact) mass is 657 g/mol. The second-order valence-corrected chi connectivity index (χ2v) is 12.6. The minimum atomic E-state index is -0.793. The van der Waals surface area contributed by atoms with Gasteiger partial charge in [0, 0.05) is 12.8 Å². The topological polar surface area (TPSA) is 72.8 Å². The number of allylic oxidation sites excluding steroid dienone is 10. The predicted octanol–water partition coefficient (Wildman–Crippen LogP) is 12.0. The molecule has 47 heavy (non-hydrogen) atoms. The molecular weight excluding hydrogens is 584 g/mol. The first-order chi connectivity index (χ1) is 23.1. The summed E-state index contributed by atoms with van der Waals surface area (Å²) >= 11 is 0. The number of carbonyl (C=O) groups excluding carboxylic acids is 2. The van der Waals surface area contributed by atoms with Crippen LogP contribution >= 0.6 is 0 Å². The highest BCUT2D eigenvalue weighted by atomic mass is 16.6. The van der Waals surface area contributed by atoms with E-state index in [1.165, 1.54) is 83.5 Å². The van der Waals surface area contributed by atoms with Crippen LogP contribution in [0.25, 0.3) is 0 Å². The first-order valence-electron chi connectivity index (χ1n) is 19.3. The average Bonchev–Trinajstić information content (AvgIpc) is 3.07. The summed E-state index contributed by atoms with van der Waals surface area (Å²) in [6, 6.07) is 0. The highest BCUT2D eigenvalue weighted by Gasteiger charge is 2.16. The zero-order valence-corrected chi connectivity index (χ0v) is 30.5. The third kappa shape index (κ3) is 36.3. The van der Waals surface area contributed by atoms with Crippen LogP contribution in [-0.2, 0) is 19.1 Å². The summed E-state index contributed by atoms with van der Waals surface area (Å²) in [6.07, 6.45) is 48.5. The molecule has 0 aliphatic rings. The summed E-state index contributed by atoms with van der Waals surface area (Å²) in [5.74, 6) is -0.659. The Labute approximate surface area is 290 Å². The maximum absolute atomic E-state index is 12.2. The van der Waals surface area contributed by atoms with E-state index in [2.05, 4.69) is 74.6 Å². The van der Waals surface area contributed by atoms with Gasteiger partial charge in [0.05, 0.1) is 6.61 Å². The summed E-state index contributed by atoms with van der Waals surface area (Å²) in [5.41, 5.74) is 0. The Kier molecular flexibility index (Phi) is 36.1. The molecule has 1 N–H and O–H groups in total. The standard InChI is InChI=1S/C42H72O5/c1-3-5-7-9-11-13-15-17-19-21-23-24-26-28-30-32-34-36-41(44)46-39-40(38-43)47-42(45)37-35-33-31-29-27-25-22-20-18-16-14-12-10-8-6-4-2/h5,7,11,13,17,19,23-24,28,30,40,43H,3-4,6,8-10,12,14-16,18,20-22,25-27,29,31-39H2,1-2H3/b7-5+,13-11+,19-17+,24-23+,30-28+/t40-/m0/s1. The van der Waals surface area contributed by atoms with Crippen LogP contribution in [0.2, 0.25) is 0 Å². The van der Waals surface area contributed by atoms with Gasteiger partial charge in [-0.2, -0.15) is 0 Å². The summed E-state index contributed by atoms with van der Waals surface area (Å²) < 4.78 is 10.6. The van der Waals surface area contributed by atoms with Crippen molar-refractivity contribution in [1.82, 2.24) is 0 Å². The molecule has 0 aliphatic heterocycles. The summed E-state index contributed by atoms with van der Waals surface area (Å²) in [5, 5.41) is 9.54. The lowest BCUT2D eigenvalue weighted by Gasteiger charge is -2.15. The number of ether oxygens (including phenoxy) is 2. The van der Waals surface area contributed by atoms with E-state index in [0.717, 1.165) is 57.8 Å². The van der Waals surface area contributed by atoms with Crippen LogP contribution in [0.4, 0.5) is 0 Å². The molecule has 0 saturated carbocycles. The van der Waals surface area contributed by atoms with Crippen LogP contribution in [0.3, 0.4) is 0 Å². The van der Waals surface area contributed by atoms with Crippen molar-refractivity contribution in [2.24, 2.45) is 0 Å². The highest BCUT2D eigenvalue weighted by Crippen LogP contribution is 2.14. The second-order valence-electron chi connectivity index (χ2n) is 12.6. The third-order valence-electron chi connectivity index (χ3n) is 8.08. The molecule has 0 aliphatic carbocycles. The first kappa shape index (κ1) is 44.6. The van der Waals surface area contributed by atoms with Gasteiger partial charge >= 0.3 is 11.9 Å². The number of hydrogen-bond donors (Lipinski definition) is 1.